The largest absolute Gasteiger partial charge is 0.383 e. The van der Waals surface area contributed by atoms with E-state index in [9.17, 15) is 0 Å². The summed E-state index contributed by atoms with van der Waals surface area (Å²) in [6.45, 7) is 5.35. The lowest BCUT2D eigenvalue weighted by Gasteiger charge is -2.23. The van der Waals surface area contributed by atoms with Crippen molar-refractivity contribution in [2.24, 2.45) is 11.7 Å². The molecule has 3 heteroatoms. The third-order valence-electron chi connectivity index (χ3n) is 2.76. The number of fused-ring (bicyclic) bond motifs is 1. The molecule has 0 aliphatic carbocycles. The molecule has 2 atom stereocenters. The highest BCUT2D eigenvalue weighted by Crippen LogP contribution is 2.36. The average Bonchev–Trinajstić information content (AvgIpc) is 2.39. The zero-order valence-corrected chi connectivity index (χ0v) is 10.1. The van der Waals surface area contributed by atoms with E-state index in [1.807, 2.05) is 11.8 Å². The minimum Gasteiger partial charge on any atom is -0.383 e. The number of anilines is 1. The molecule has 1 aliphatic rings. The van der Waals surface area contributed by atoms with Crippen LogP contribution in [0.3, 0.4) is 0 Å². The monoisotopic (exact) mass is 222 g/mol. The van der Waals surface area contributed by atoms with Crippen LogP contribution in [0.15, 0.2) is 29.2 Å². The first-order chi connectivity index (χ1) is 7.18. The van der Waals surface area contributed by atoms with Crippen molar-refractivity contribution in [1.29, 1.82) is 0 Å². The Morgan fingerprint density at radius 1 is 1.40 bits per heavy atom. The van der Waals surface area contributed by atoms with Gasteiger partial charge in [-0.15, -0.1) is 11.8 Å². The molecule has 0 saturated heterocycles. The van der Waals surface area contributed by atoms with E-state index < -0.39 is 0 Å². The zero-order valence-electron chi connectivity index (χ0n) is 9.23. The van der Waals surface area contributed by atoms with Crippen molar-refractivity contribution in [1.82, 2.24) is 0 Å². The Hall–Kier alpha value is -0.670. The van der Waals surface area contributed by atoms with Gasteiger partial charge in [0.05, 0.1) is 0 Å². The first kappa shape index (κ1) is 10.8. The summed E-state index contributed by atoms with van der Waals surface area (Å²) in [5, 5.41) is 3.91. The highest BCUT2D eigenvalue weighted by Gasteiger charge is 2.26. The van der Waals surface area contributed by atoms with Gasteiger partial charge in [-0.25, -0.2) is 0 Å². The van der Waals surface area contributed by atoms with Gasteiger partial charge in [-0.05, 0) is 18.1 Å². The Bertz CT molecular complexity index is 338. The molecule has 0 radical (unpaired) electrons. The minimum absolute atomic E-state index is 0.224. The van der Waals surface area contributed by atoms with E-state index in [1.165, 1.54) is 10.6 Å². The number of nitrogens with one attached hydrogen (secondary N) is 1. The second-order valence-electron chi connectivity index (χ2n) is 4.37. The Morgan fingerprint density at radius 3 is 2.87 bits per heavy atom. The smallest absolute Gasteiger partial charge is 0.0479 e. The first-order valence-corrected chi connectivity index (χ1v) is 6.31. The van der Waals surface area contributed by atoms with Crippen LogP contribution in [0.4, 0.5) is 5.69 Å². The van der Waals surface area contributed by atoms with Gasteiger partial charge in [-0.3, -0.25) is 0 Å². The van der Waals surface area contributed by atoms with Crippen LogP contribution < -0.4 is 11.1 Å². The maximum atomic E-state index is 6.18. The van der Waals surface area contributed by atoms with Crippen LogP contribution in [-0.2, 0) is 0 Å². The lowest BCUT2D eigenvalue weighted by atomic mass is 10.0. The number of benzene rings is 1. The van der Waals surface area contributed by atoms with E-state index >= 15 is 0 Å². The summed E-state index contributed by atoms with van der Waals surface area (Å²) in [6, 6.07) is 8.66. The molecule has 2 nitrogen and oxygen atoms in total. The maximum Gasteiger partial charge on any atom is 0.0479 e. The van der Waals surface area contributed by atoms with E-state index in [1.54, 1.807) is 0 Å². The fraction of sp³-hybridized carbons (Fsp3) is 0.500. The minimum atomic E-state index is 0.224. The molecule has 0 amide bonds. The summed E-state index contributed by atoms with van der Waals surface area (Å²) in [4.78, 5) is 1.32. The van der Waals surface area contributed by atoms with Crippen molar-refractivity contribution < 1.29 is 0 Å². The lowest BCUT2D eigenvalue weighted by Crippen LogP contribution is -2.40. The normalized spacial score (nSPS) is 25.6. The number of hydrogen-bond donors (Lipinski definition) is 2. The predicted octanol–water partition coefficient (Wildman–Crippen LogP) is 2.56. The van der Waals surface area contributed by atoms with Crippen LogP contribution in [-0.4, -0.2) is 17.8 Å². The van der Waals surface area contributed by atoms with E-state index in [0.717, 1.165) is 6.54 Å². The number of para-hydroxylation sites is 1. The Balaban J connectivity index is 2.27. The fourth-order valence-electron chi connectivity index (χ4n) is 1.92. The van der Waals surface area contributed by atoms with Gasteiger partial charge in [0.15, 0.2) is 0 Å². The van der Waals surface area contributed by atoms with Gasteiger partial charge < -0.3 is 11.1 Å². The molecule has 3 N–H and O–H groups in total. The lowest BCUT2D eigenvalue weighted by molar-refractivity contribution is 0.528. The molecule has 82 valence electrons. The van der Waals surface area contributed by atoms with Crippen molar-refractivity contribution in [3.8, 4) is 0 Å². The Labute approximate surface area is 95.6 Å². The summed E-state index contributed by atoms with van der Waals surface area (Å²) in [7, 11) is 0. The van der Waals surface area contributed by atoms with E-state index in [2.05, 4.69) is 43.4 Å². The Morgan fingerprint density at radius 2 is 2.13 bits per heavy atom. The quantitative estimate of drug-likeness (QED) is 0.767. The number of hydrogen-bond acceptors (Lipinski definition) is 3. The molecule has 1 aromatic rings. The van der Waals surface area contributed by atoms with Gasteiger partial charge in [-0.2, -0.15) is 0 Å². The third-order valence-corrected chi connectivity index (χ3v) is 4.53. The standard InChI is InChI=1S/C12H18N2S/c1-8(2)12-9(13)7-14-10-5-3-4-6-11(10)15-12/h3-6,8-9,12,14H,7,13H2,1-2H3. The molecule has 15 heavy (non-hydrogen) atoms. The van der Waals surface area contributed by atoms with E-state index in [0.29, 0.717) is 11.2 Å². The van der Waals surface area contributed by atoms with E-state index in [-0.39, 0.29) is 6.04 Å². The Kier molecular flexibility index (Phi) is 3.22. The second kappa shape index (κ2) is 4.45. The molecule has 1 heterocycles. The van der Waals surface area contributed by atoms with Crippen molar-refractivity contribution in [2.45, 2.75) is 30.0 Å². The van der Waals surface area contributed by atoms with Gasteiger partial charge in [0.1, 0.15) is 0 Å². The van der Waals surface area contributed by atoms with Crippen LogP contribution in [0, 0.1) is 5.92 Å². The number of nitrogens with two attached hydrogens (primary N) is 1. The van der Waals surface area contributed by atoms with Gasteiger partial charge in [0.2, 0.25) is 0 Å². The van der Waals surface area contributed by atoms with Crippen LogP contribution >= 0.6 is 11.8 Å². The first-order valence-electron chi connectivity index (χ1n) is 5.43. The molecule has 0 bridgehead atoms. The number of rotatable bonds is 1. The third kappa shape index (κ3) is 2.29. The van der Waals surface area contributed by atoms with Crippen molar-refractivity contribution in [2.75, 3.05) is 11.9 Å². The summed E-state index contributed by atoms with van der Waals surface area (Å²) in [5.74, 6) is 0.609. The molecule has 1 aliphatic heterocycles. The molecule has 1 aromatic carbocycles. The van der Waals surface area contributed by atoms with Crippen LogP contribution in [0.1, 0.15) is 13.8 Å². The summed E-state index contributed by atoms with van der Waals surface area (Å²) in [6.07, 6.45) is 0. The summed E-state index contributed by atoms with van der Waals surface area (Å²) in [5.41, 5.74) is 7.40. The van der Waals surface area contributed by atoms with Gasteiger partial charge in [0.25, 0.3) is 0 Å². The van der Waals surface area contributed by atoms with Crippen LogP contribution in [0.2, 0.25) is 0 Å². The zero-order chi connectivity index (χ0) is 10.8. The van der Waals surface area contributed by atoms with Gasteiger partial charge in [0, 0.05) is 28.4 Å². The molecule has 2 unspecified atom stereocenters. The van der Waals surface area contributed by atoms with E-state index in [4.69, 9.17) is 5.73 Å². The summed E-state index contributed by atoms with van der Waals surface area (Å²) >= 11 is 1.91. The molecule has 0 saturated carbocycles. The van der Waals surface area contributed by atoms with Crippen molar-refractivity contribution in [3.63, 3.8) is 0 Å². The van der Waals surface area contributed by atoms with Crippen LogP contribution in [0.5, 0.6) is 0 Å². The van der Waals surface area contributed by atoms with Crippen LogP contribution in [0.25, 0.3) is 0 Å². The predicted molar refractivity (Wildman–Crippen MR) is 67.4 cm³/mol. The molecule has 0 spiro atoms. The van der Waals surface area contributed by atoms with Gasteiger partial charge >= 0.3 is 0 Å². The molecule has 0 fully saturated rings. The average molecular weight is 222 g/mol. The van der Waals surface area contributed by atoms with Crippen molar-refractivity contribution >= 4 is 17.4 Å². The highest BCUT2D eigenvalue weighted by molar-refractivity contribution is 8.00. The fourth-order valence-corrected chi connectivity index (χ4v) is 3.18. The highest BCUT2D eigenvalue weighted by atomic mass is 32.2. The molecular weight excluding hydrogens is 204 g/mol. The number of thioether (sulfide) groups is 1. The SMILES string of the molecule is CC(C)C1Sc2ccccc2NCC1N. The van der Waals surface area contributed by atoms with Gasteiger partial charge in [-0.1, -0.05) is 26.0 Å². The second-order valence-corrected chi connectivity index (χ2v) is 5.59. The summed E-state index contributed by atoms with van der Waals surface area (Å²) < 4.78 is 0. The molecule has 0 aromatic heterocycles. The maximum absolute atomic E-state index is 6.18. The molecule has 2 rings (SSSR count). The molecular formula is C12H18N2S. The topological polar surface area (TPSA) is 38.0 Å². The van der Waals surface area contributed by atoms with Crippen molar-refractivity contribution in [3.05, 3.63) is 24.3 Å².